The van der Waals surface area contributed by atoms with E-state index in [0.717, 1.165) is 22.2 Å². The molecule has 0 spiro atoms. The number of H-pyrrole nitrogens is 1. The Morgan fingerprint density at radius 2 is 2.20 bits per heavy atom. The van der Waals surface area contributed by atoms with Crippen LogP contribution in [0.1, 0.15) is 21.8 Å². The molecule has 1 aromatic carbocycles. The third-order valence-electron chi connectivity index (χ3n) is 3.77. The van der Waals surface area contributed by atoms with Gasteiger partial charge in [0.05, 0.1) is 5.92 Å². The molecule has 3 heterocycles. The second-order valence-corrected chi connectivity index (χ2v) is 4.89. The molecule has 1 N–H and O–H groups in total. The third-order valence-corrected chi connectivity index (χ3v) is 3.77. The largest absolute Gasteiger partial charge is 0.492 e. The molecule has 4 heteroatoms. The molecule has 1 aliphatic rings. The van der Waals surface area contributed by atoms with Crippen LogP contribution < -0.4 is 4.74 Å². The first kappa shape index (κ1) is 11.2. The van der Waals surface area contributed by atoms with E-state index in [4.69, 9.17) is 4.74 Å². The minimum Gasteiger partial charge on any atom is -0.492 e. The SMILES string of the molecule is O=C(c1c[nH]c2ccncc12)C1COc2ccccc21. The number of aromatic amines is 1. The van der Waals surface area contributed by atoms with Gasteiger partial charge in [0.2, 0.25) is 0 Å². The number of aromatic nitrogens is 2. The van der Waals surface area contributed by atoms with Crippen LogP contribution in [0.3, 0.4) is 0 Å². The second-order valence-electron chi connectivity index (χ2n) is 4.89. The molecular formula is C16H12N2O2. The van der Waals surface area contributed by atoms with Gasteiger partial charge in [-0.1, -0.05) is 18.2 Å². The van der Waals surface area contributed by atoms with E-state index in [1.165, 1.54) is 0 Å². The zero-order chi connectivity index (χ0) is 13.5. The topological polar surface area (TPSA) is 55.0 Å². The normalized spacial score (nSPS) is 16.9. The minimum absolute atomic E-state index is 0.0780. The van der Waals surface area contributed by atoms with E-state index in [0.29, 0.717) is 12.2 Å². The van der Waals surface area contributed by atoms with Crippen LogP contribution in [0.4, 0.5) is 0 Å². The van der Waals surface area contributed by atoms with Crippen LogP contribution in [-0.4, -0.2) is 22.4 Å². The lowest BCUT2D eigenvalue weighted by atomic mass is 9.92. The summed E-state index contributed by atoms with van der Waals surface area (Å²) >= 11 is 0. The van der Waals surface area contributed by atoms with Crippen molar-refractivity contribution in [3.63, 3.8) is 0 Å². The highest BCUT2D eigenvalue weighted by molar-refractivity contribution is 6.11. The molecule has 4 rings (SSSR count). The fourth-order valence-corrected chi connectivity index (χ4v) is 2.73. The number of nitrogens with one attached hydrogen (secondary N) is 1. The summed E-state index contributed by atoms with van der Waals surface area (Å²) in [5, 5.41) is 0.863. The molecule has 0 radical (unpaired) electrons. The number of ether oxygens (including phenoxy) is 1. The molecule has 1 atom stereocenters. The van der Waals surface area contributed by atoms with Crippen molar-refractivity contribution in [1.29, 1.82) is 0 Å². The van der Waals surface area contributed by atoms with Crippen LogP contribution >= 0.6 is 0 Å². The Bertz CT molecular complexity index is 807. The number of carbonyl (C=O) groups excluding carboxylic acids is 1. The van der Waals surface area contributed by atoms with Crippen LogP contribution in [0.5, 0.6) is 5.75 Å². The maximum Gasteiger partial charge on any atom is 0.176 e. The predicted molar refractivity (Wildman–Crippen MR) is 75.1 cm³/mol. The maximum absolute atomic E-state index is 12.8. The van der Waals surface area contributed by atoms with Crippen LogP contribution in [-0.2, 0) is 0 Å². The first-order valence-electron chi connectivity index (χ1n) is 6.51. The van der Waals surface area contributed by atoms with Gasteiger partial charge in [0.25, 0.3) is 0 Å². The molecule has 0 amide bonds. The molecule has 1 unspecified atom stereocenters. The van der Waals surface area contributed by atoms with Gasteiger partial charge < -0.3 is 9.72 Å². The number of carbonyl (C=O) groups is 1. The van der Waals surface area contributed by atoms with E-state index >= 15 is 0 Å². The highest BCUT2D eigenvalue weighted by Gasteiger charge is 2.31. The molecule has 20 heavy (non-hydrogen) atoms. The average molecular weight is 264 g/mol. The lowest BCUT2D eigenvalue weighted by molar-refractivity contribution is 0.0949. The second kappa shape index (κ2) is 4.20. The summed E-state index contributed by atoms with van der Waals surface area (Å²) in [4.78, 5) is 20.0. The Kier molecular flexibility index (Phi) is 2.36. The molecule has 4 nitrogen and oxygen atoms in total. The Morgan fingerprint density at radius 3 is 3.15 bits per heavy atom. The van der Waals surface area contributed by atoms with Gasteiger partial charge in [-0.2, -0.15) is 0 Å². The number of pyridine rings is 1. The van der Waals surface area contributed by atoms with Gasteiger partial charge in [-0.05, 0) is 12.1 Å². The molecular weight excluding hydrogens is 252 g/mol. The summed E-state index contributed by atoms with van der Waals surface area (Å²) in [6.07, 6.45) is 5.19. The Hall–Kier alpha value is -2.62. The molecule has 2 aromatic heterocycles. The number of fused-ring (bicyclic) bond motifs is 2. The summed E-state index contributed by atoms with van der Waals surface area (Å²) in [5.41, 5.74) is 2.57. The van der Waals surface area contributed by atoms with Crippen molar-refractivity contribution < 1.29 is 9.53 Å². The minimum atomic E-state index is -0.231. The quantitative estimate of drug-likeness (QED) is 0.724. The molecule has 0 saturated carbocycles. The van der Waals surface area contributed by atoms with Crippen molar-refractivity contribution in [3.05, 3.63) is 60.0 Å². The standard InChI is InChI=1S/C16H12N2O2/c19-16(12-8-18-14-5-6-17-7-11(12)14)13-9-20-15-4-2-1-3-10(13)15/h1-8,13,18H,9H2. The fourth-order valence-electron chi connectivity index (χ4n) is 2.73. The zero-order valence-corrected chi connectivity index (χ0v) is 10.7. The molecule has 3 aromatic rings. The molecule has 98 valence electrons. The van der Waals surface area contributed by atoms with Crippen molar-refractivity contribution in [2.24, 2.45) is 0 Å². The number of para-hydroxylation sites is 1. The van der Waals surface area contributed by atoms with E-state index in [1.54, 1.807) is 18.6 Å². The lowest BCUT2D eigenvalue weighted by Gasteiger charge is -2.06. The van der Waals surface area contributed by atoms with Gasteiger partial charge >= 0.3 is 0 Å². The molecule has 0 saturated heterocycles. The third kappa shape index (κ3) is 1.54. The Balaban J connectivity index is 1.79. The van der Waals surface area contributed by atoms with Crippen LogP contribution in [0.25, 0.3) is 10.9 Å². The van der Waals surface area contributed by atoms with E-state index in [2.05, 4.69) is 9.97 Å². The van der Waals surface area contributed by atoms with Crippen molar-refractivity contribution >= 4 is 16.7 Å². The Morgan fingerprint density at radius 1 is 1.30 bits per heavy atom. The van der Waals surface area contributed by atoms with Gasteiger partial charge in [0.15, 0.2) is 5.78 Å². The summed E-state index contributed by atoms with van der Waals surface area (Å²) in [6.45, 7) is 0.408. The number of rotatable bonds is 2. The van der Waals surface area contributed by atoms with Crippen molar-refractivity contribution in [2.45, 2.75) is 5.92 Å². The fraction of sp³-hybridized carbons (Fsp3) is 0.125. The van der Waals surface area contributed by atoms with Crippen molar-refractivity contribution in [1.82, 2.24) is 9.97 Å². The van der Waals surface area contributed by atoms with Crippen LogP contribution in [0.15, 0.2) is 48.9 Å². The van der Waals surface area contributed by atoms with Crippen molar-refractivity contribution in [2.75, 3.05) is 6.61 Å². The van der Waals surface area contributed by atoms with E-state index in [1.807, 2.05) is 30.3 Å². The summed E-state index contributed by atoms with van der Waals surface area (Å²) in [7, 11) is 0. The summed E-state index contributed by atoms with van der Waals surface area (Å²) < 4.78 is 5.60. The average Bonchev–Trinajstić information content (AvgIpc) is 3.11. The van der Waals surface area contributed by atoms with Gasteiger partial charge in [0, 0.05) is 40.6 Å². The molecule has 1 aliphatic heterocycles. The monoisotopic (exact) mass is 264 g/mol. The highest BCUT2D eigenvalue weighted by Crippen LogP contribution is 2.36. The molecule has 0 fully saturated rings. The summed E-state index contributed by atoms with van der Waals surface area (Å²) in [5.74, 6) is 0.656. The number of benzene rings is 1. The van der Waals surface area contributed by atoms with E-state index in [9.17, 15) is 4.79 Å². The maximum atomic E-state index is 12.8. The van der Waals surface area contributed by atoms with E-state index < -0.39 is 0 Å². The van der Waals surface area contributed by atoms with Gasteiger partial charge in [0.1, 0.15) is 12.4 Å². The van der Waals surface area contributed by atoms with Crippen molar-refractivity contribution in [3.8, 4) is 5.75 Å². The van der Waals surface area contributed by atoms with Gasteiger partial charge in [-0.15, -0.1) is 0 Å². The highest BCUT2D eigenvalue weighted by atomic mass is 16.5. The van der Waals surface area contributed by atoms with E-state index in [-0.39, 0.29) is 11.7 Å². The predicted octanol–water partition coefficient (Wildman–Crippen LogP) is 2.92. The Labute approximate surface area is 115 Å². The number of ketones is 1. The summed E-state index contributed by atoms with van der Waals surface area (Å²) in [6, 6.07) is 9.58. The number of Topliss-reactive ketones (excluding diaryl/α,β-unsaturated/α-hetero) is 1. The smallest absolute Gasteiger partial charge is 0.176 e. The van der Waals surface area contributed by atoms with Crippen LogP contribution in [0, 0.1) is 0 Å². The van der Waals surface area contributed by atoms with Crippen LogP contribution in [0.2, 0.25) is 0 Å². The number of hydrogen-bond acceptors (Lipinski definition) is 3. The van der Waals surface area contributed by atoms with Gasteiger partial charge in [-0.25, -0.2) is 0 Å². The lowest BCUT2D eigenvalue weighted by Crippen LogP contribution is -2.14. The van der Waals surface area contributed by atoms with Gasteiger partial charge in [-0.3, -0.25) is 9.78 Å². The first-order chi connectivity index (χ1) is 9.84. The number of hydrogen-bond donors (Lipinski definition) is 1. The molecule has 0 bridgehead atoms. The first-order valence-corrected chi connectivity index (χ1v) is 6.51. The zero-order valence-electron chi connectivity index (χ0n) is 10.7. The number of nitrogens with zero attached hydrogens (tertiary/aromatic N) is 1. The molecule has 0 aliphatic carbocycles.